The van der Waals surface area contributed by atoms with Crippen LogP contribution in [0.25, 0.3) is 0 Å². The Morgan fingerprint density at radius 3 is 2.53 bits per heavy atom. The van der Waals surface area contributed by atoms with Crippen LogP contribution in [-0.4, -0.2) is 37.0 Å². The van der Waals surface area contributed by atoms with Gasteiger partial charge in [-0.25, -0.2) is 13.1 Å². The summed E-state index contributed by atoms with van der Waals surface area (Å²) in [7, 11) is -2.11. The number of aromatic nitrogens is 2. The van der Waals surface area contributed by atoms with Gasteiger partial charge in [-0.2, -0.15) is 5.10 Å². The lowest BCUT2D eigenvalue weighted by molar-refractivity contribution is 0.267. The van der Waals surface area contributed by atoms with E-state index >= 15 is 0 Å². The van der Waals surface area contributed by atoms with Crippen LogP contribution in [0.1, 0.15) is 11.4 Å². The summed E-state index contributed by atoms with van der Waals surface area (Å²) in [6.07, 6.45) is 0. The number of rotatable bonds is 4. The lowest BCUT2D eigenvalue weighted by Crippen LogP contribution is -2.20. The van der Waals surface area contributed by atoms with Gasteiger partial charge in [0.05, 0.1) is 24.5 Å². The molecule has 0 bridgehead atoms. The smallest absolute Gasteiger partial charge is 0.243 e. The fourth-order valence-corrected chi connectivity index (χ4v) is 2.61. The molecule has 1 aromatic rings. The summed E-state index contributed by atoms with van der Waals surface area (Å²) in [6.45, 7) is 3.53. The summed E-state index contributed by atoms with van der Waals surface area (Å²) in [5, 5.41) is 12.8. The SMILES string of the molecule is CNS(=O)(=O)c1c(C)nn(CCO)c1C. The highest BCUT2D eigenvalue weighted by atomic mass is 32.2. The monoisotopic (exact) mass is 233 g/mol. The first-order chi connectivity index (χ1) is 6.94. The quantitative estimate of drug-likeness (QED) is 0.727. The van der Waals surface area contributed by atoms with Gasteiger partial charge >= 0.3 is 0 Å². The van der Waals surface area contributed by atoms with Gasteiger partial charge in [-0.3, -0.25) is 4.68 Å². The number of hydrogen-bond acceptors (Lipinski definition) is 4. The molecule has 7 heteroatoms. The first-order valence-electron chi connectivity index (χ1n) is 4.52. The lowest BCUT2D eigenvalue weighted by Gasteiger charge is -2.03. The van der Waals surface area contributed by atoms with Gasteiger partial charge in [-0.15, -0.1) is 0 Å². The van der Waals surface area contributed by atoms with Gasteiger partial charge in [0, 0.05) is 0 Å². The fraction of sp³-hybridized carbons (Fsp3) is 0.625. The van der Waals surface area contributed by atoms with Gasteiger partial charge in [0.2, 0.25) is 10.0 Å². The largest absolute Gasteiger partial charge is 0.394 e. The predicted octanol–water partition coefficient (Wildman–Crippen LogP) is -0.600. The molecule has 0 unspecified atom stereocenters. The van der Waals surface area contributed by atoms with E-state index in [1.165, 1.54) is 11.7 Å². The highest BCUT2D eigenvalue weighted by Crippen LogP contribution is 2.18. The maximum Gasteiger partial charge on any atom is 0.243 e. The number of aliphatic hydroxyl groups excluding tert-OH is 1. The highest BCUT2D eigenvalue weighted by molar-refractivity contribution is 7.89. The molecule has 0 spiro atoms. The molecule has 0 saturated carbocycles. The summed E-state index contributed by atoms with van der Waals surface area (Å²) < 4.78 is 27.0. The number of nitrogens with one attached hydrogen (secondary N) is 1. The van der Waals surface area contributed by atoms with Gasteiger partial charge in [0.1, 0.15) is 4.90 Å². The van der Waals surface area contributed by atoms with Crippen molar-refractivity contribution < 1.29 is 13.5 Å². The van der Waals surface area contributed by atoms with Crippen LogP contribution >= 0.6 is 0 Å². The average molecular weight is 233 g/mol. The number of aryl methyl sites for hydroxylation is 1. The van der Waals surface area contributed by atoms with Gasteiger partial charge < -0.3 is 5.11 Å². The summed E-state index contributed by atoms with van der Waals surface area (Å²) in [5.41, 5.74) is 0.978. The molecule has 0 aliphatic heterocycles. The van der Waals surface area contributed by atoms with E-state index in [0.717, 1.165) is 0 Å². The zero-order chi connectivity index (χ0) is 11.6. The molecule has 0 radical (unpaired) electrons. The van der Waals surface area contributed by atoms with Crippen LogP contribution in [-0.2, 0) is 16.6 Å². The molecule has 6 nitrogen and oxygen atoms in total. The molecule has 0 saturated heterocycles. The van der Waals surface area contributed by atoms with E-state index in [9.17, 15) is 8.42 Å². The average Bonchev–Trinajstić information content (AvgIpc) is 2.43. The second kappa shape index (κ2) is 4.30. The zero-order valence-corrected chi connectivity index (χ0v) is 9.80. The van der Waals surface area contributed by atoms with Crippen LogP contribution in [0.3, 0.4) is 0 Å². The normalized spacial score (nSPS) is 12.0. The molecule has 0 aliphatic rings. The third-order valence-corrected chi connectivity index (χ3v) is 3.83. The van der Waals surface area contributed by atoms with Crippen molar-refractivity contribution in [2.75, 3.05) is 13.7 Å². The topological polar surface area (TPSA) is 84.2 Å². The van der Waals surface area contributed by atoms with Gasteiger partial charge in [-0.05, 0) is 20.9 Å². The molecule has 0 aromatic carbocycles. The van der Waals surface area contributed by atoms with Gasteiger partial charge in [0.15, 0.2) is 0 Å². The summed E-state index contributed by atoms with van der Waals surface area (Å²) >= 11 is 0. The van der Waals surface area contributed by atoms with Crippen molar-refractivity contribution in [2.45, 2.75) is 25.3 Å². The number of sulfonamides is 1. The van der Waals surface area contributed by atoms with Crippen LogP contribution < -0.4 is 4.72 Å². The minimum absolute atomic E-state index is 0.0685. The molecule has 86 valence electrons. The van der Waals surface area contributed by atoms with Crippen molar-refractivity contribution in [3.05, 3.63) is 11.4 Å². The van der Waals surface area contributed by atoms with Gasteiger partial charge in [0.25, 0.3) is 0 Å². The Balaban J connectivity index is 3.32. The Morgan fingerprint density at radius 2 is 2.07 bits per heavy atom. The first-order valence-corrected chi connectivity index (χ1v) is 6.00. The van der Waals surface area contributed by atoms with E-state index in [-0.39, 0.29) is 11.5 Å². The molecule has 1 rings (SSSR count). The van der Waals surface area contributed by atoms with Gasteiger partial charge in [-0.1, -0.05) is 0 Å². The summed E-state index contributed by atoms with van der Waals surface area (Å²) in [6, 6.07) is 0. The molecule has 1 heterocycles. The summed E-state index contributed by atoms with van der Waals surface area (Å²) in [4.78, 5) is 0.193. The van der Waals surface area contributed by atoms with Crippen molar-refractivity contribution in [1.29, 1.82) is 0 Å². The minimum Gasteiger partial charge on any atom is -0.394 e. The van der Waals surface area contributed by atoms with E-state index < -0.39 is 10.0 Å². The molecule has 2 N–H and O–H groups in total. The van der Waals surface area contributed by atoms with Crippen molar-refractivity contribution in [3.63, 3.8) is 0 Å². The Labute approximate surface area is 89.0 Å². The zero-order valence-electron chi connectivity index (χ0n) is 8.98. The number of hydrogen-bond donors (Lipinski definition) is 2. The molecule has 1 aromatic heterocycles. The van der Waals surface area contributed by atoms with Crippen LogP contribution in [0.2, 0.25) is 0 Å². The highest BCUT2D eigenvalue weighted by Gasteiger charge is 2.22. The van der Waals surface area contributed by atoms with Crippen molar-refractivity contribution in [3.8, 4) is 0 Å². The number of aliphatic hydroxyl groups is 1. The predicted molar refractivity (Wildman–Crippen MR) is 55.0 cm³/mol. The van der Waals surface area contributed by atoms with E-state index in [0.29, 0.717) is 17.9 Å². The Hall–Kier alpha value is -0.920. The molecule has 0 fully saturated rings. The molecular formula is C8H15N3O3S. The minimum atomic E-state index is -3.47. The van der Waals surface area contributed by atoms with E-state index in [1.54, 1.807) is 13.8 Å². The molecule has 0 aliphatic carbocycles. The lowest BCUT2D eigenvalue weighted by atomic mass is 10.4. The third-order valence-electron chi connectivity index (χ3n) is 2.16. The van der Waals surface area contributed by atoms with E-state index in [1.807, 2.05) is 0 Å². The molecule has 0 amide bonds. The molecular weight excluding hydrogens is 218 g/mol. The summed E-state index contributed by atoms with van der Waals surface area (Å²) in [5.74, 6) is 0. The second-order valence-corrected chi connectivity index (χ2v) is 4.98. The van der Waals surface area contributed by atoms with Crippen LogP contribution in [0, 0.1) is 13.8 Å². The van der Waals surface area contributed by atoms with Crippen molar-refractivity contribution in [2.24, 2.45) is 0 Å². The third kappa shape index (κ3) is 2.19. The van der Waals surface area contributed by atoms with E-state index in [2.05, 4.69) is 9.82 Å². The molecule has 15 heavy (non-hydrogen) atoms. The Morgan fingerprint density at radius 1 is 1.47 bits per heavy atom. The van der Waals surface area contributed by atoms with Crippen molar-refractivity contribution >= 4 is 10.0 Å². The van der Waals surface area contributed by atoms with Crippen LogP contribution in [0.5, 0.6) is 0 Å². The molecule has 0 atom stereocenters. The number of nitrogens with zero attached hydrogens (tertiary/aromatic N) is 2. The fourth-order valence-electron chi connectivity index (χ4n) is 1.48. The van der Waals surface area contributed by atoms with E-state index in [4.69, 9.17) is 5.11 Å². The Bertz CT molecular complexity index is 450. The maximum atomic E-state index is 11.6. The van der Waals surface area contributed by atoms with Crippen LogP contribution in [0.4, 0.5) is 0 Å². The first kappa shape index (κ1) is 12.2. The standard InChI is InChI=1S/C8H15N3O3S/c1-6-8(15(13,14)9-3)7(2)11(10-6)4-5-12/h9,12H,4-5H2,1-3H3. The van der Waals surface area contributed by atoms with Crippen LogP contribution in [0.15, 0.2) is 4.90 Å². The van der Waals surface area contributed by atoms with Crippen molar-refractivity contribution in [1.82, 2.24) is 14.5 Å². The second-order valence-electron chi connectivity index (χ2n) is 3.15. The maximum absolute atomic E-state index is 11.6. The Kier molecular flexibility index (Phi) is 3.48.